The second-order valence-corrected chi connectivity index (χ2v) is 8.37. The molecular formula is C19H36N2O2. The molecule has 4 heteroatoms. The first-order chi connectivity index (χ1) is 10.9. The lowest BCUT2D eigenvalue weighted by Gasteiger charge is -2.38. The topological polar surface area (TPSA) is 41.6 Å². The Balaban J connectivity index is 1.85. The van der Waals surface area contributed by atoms with Crippen LogP contribution in [0.2, 0.25) is 0 Å². The zero-order valence-corrected chi connectivity index (χ0v) is 15.6. The Bertz CT molecular complexity index is 378. The highest BCUT2D eigenvalue weighted by Gasteiger charge is 2.31. The maximum atomic E-state index is 12.4. The van der Waals surface area contributed by atoms with Crippen molar-refractivity contribution in [3.63, 3.8) is 0 Å². The number of hydrogen-bond acceptors (Lipinski definition) is 3. The number of carbonyl (C=O) groups is 1. The van der Waals surface area contributed by atoms with E-state index < -0.39 is 5.60 Å². The molecule has 3 unspecified atom stereocenters. The fourth-order valence-electron chi connectivity index (χ4n) is 3.92. The lowest BCUT2D eigenvalue weighted by Crippen LogP contribution is -2.51. The molecule has 0 aromatic heterocycles. The van der Waals surface area contributed by atoms with Crippen molar-refractivity contribution in [2.75, 3.05) is 13.1 Å². The normalized spacial score (nSPS) is 29.4. The minimum atomic E-state index is -0.412. The van der Waals surface area contributed by atoms with E-state index in [1.165, 1.54) is 38.5 Å². The SMILES string of the molecule is CCC1CCCC(NCC2CCCCN2C(=O)OC(C)(C)C)C1. The highest BCUT2D eigenvalue weighted by molar-refractivity contribution is 5.68. The summed E-state index contributed by atoms with van der Waals surface area (Å²) in [6.45, 7) is 9.88. The van der Waals surface area contributed by atoms with Gasteiger partial charge in [-0.15, -0.1) is 0 Å². The van der Waals surface area contributed by atoms with Crippen molar-refractivity contribution in [2.24, 2.45) is 5.92 Å². The van der Waals surface area contributed by atoms with Gasteiger partial charge in [0, 0.05) is 25.2 Å². The summed E-state index contributed by atoms with van der Waals surface area (Å²) in [6.07, 6.45) is 9.88. The number of ether oxygens (including phenoxy) is 1. The summed E-state index contributed by atoms with van der Waals surface area (Å²) in [7, 11) is 0. The predicted molar refractivity (Wildman–Crippen MR) is 94.6 cm³/mol. The molecule has 2 rings (SSSR count). The van der Waals surface area contributed by atoms with Crippen LogP contribution in [0.15, 0.2) is 0 Å². The van der Waals surface area contributed by atoms with Gasteiger partial charge in [0.1, 0.15) is 5.60 Å². The summed E-state index contributed by atoms with van der Waals surface area (Å²) in [6, 6.07) is 0.928. The van der Waals surface area contributed by atoms with Crippen LogP contribution in [-0.4, -0.2) is 41.8 Å². The third-order valence-electron chi connectivity index (χ3n) is 5.26. The molecule has 1 saturated carbocycles. The van der Waals surface area contributed by atoms with Gasteiger partial charge in [0.2, 0.25) is 0 Å². The Labute approximate surface area is 142 Å². The van der Waals surface area contributed by atoms with Gasteiger partial charge < -0.3 is 15.0 Å². The minimum absolute atomic E-state index is 0.140. The van der Waals surface area contributed by atoms with Crippen molar-refractivity contribution in [1.82, 2.24) is 10.2 Å². The number of amides is 1. The maximum absolute atomic E-state index is 12.4. The monoisotopic (exact) mass is 324 g/mol. The average Bonchev–Trinajstić information content (AvgIpc) is 2.52. The Morgan fingerprint density at radius 2 is 1.96 bits per heavy atom. The molecule has 1 aliphatic heterocycles. The van der Waals surface area contributed by atoms with Crippen LogP contribution in [0.1, 0.15) is 79.1 Å². The van der Waals surface area contributed by atoms with Crippen molar-refractivity contribution < 1.29 is 9.53 Å². The molecule has 2 aliphatic rings. The van der Waals surface area contributed by atoms with Crippen LogP contribution < -0.4 is 5.32 Å². The molecule has 1 amide bonds. The lowest BCUT2D eigenvalue weighted by molar-refractivity contribution is 0.00941. The molecule has 1 aliphatic carbocycles. The van der Waals surface area contributed by atoms with Crippen LogP contribution in [0.4, 0.5) is 4.79 Å². The molecule has 23 heavy (non-hydrogen) atoms. The number of hydrogen-bond donors (Lipinski definition) is 1. The fourth-order valence-corrected chi connectivity index (χ4v) is 3.92. The molecule has 0 aromatic carbocycles. The molecule has 0 radical (unpaired) electrons. The summed E-state index contributed by atoms with van der Waals surface area (Å²) in [4.78, 5) is 14.4. The van der Waals surface area contributed by atoms with Crippen LogP contribution in [0.25, 0.3) is 0 Å². The Morgan fingerprint density at radius 3 is 2.65 bits per heavy atom. The minimum Gasteiger partial charge on any atom is -0.444 e. The summed E-state index contributed by atoms with van der Waals surface area (Å²) < 4.78 is 5.59. The van der Waals surface area contributed by atoms with E-state index in [0.717, 1.165) is 31.8 Å². The van der Waals surface area contributed by atoms with E-state index in [4.69, 9.17) is 4.74 Å². The maximum Gasteiger partial charge on any atom is 0.410 e. The van der Waals surface area contributed by atoms with Gasteiger partial charge >= 0.3 is 6.09 Å². The molecule has 1 heterocycles. The van der Waals surface area contributed by atoms with Crippen molar-refractivity contribution >= 4 is 6.09 Å². The van der Waals surface area contributed by atoms with Gasteiger partial charge in [-0.3, -0.25) is 0 Å². The number of carbonyl (C=O) groups excluding carboxylic acids is 1. The van der Waals surface area contributed by atoms with Gasteiger partial charge in [-0.1, -0.05) is 26.2 Å². The van der Waals surface area contributed by atoms with Crippen LogP contribution in [0.5, 0.6) is 0 Å². The van der Waals surface area contributed by atoms with E-state index in [1.54, 1.807) is 0 Å². The lowest BCUT2D eigenvalue weighted by atomic mass is 9.84. The molecule has 0 bridgehead atoms. The molecular weight excluding hydrogens is 288 g/mol. The molecule has 0 aromatic rings. The summed E-state index contributed by atoms with van der Waals surface area (Å²) in [5, 5.41) is 3.75. The number of nitrogens with zero attached hydrogens (tertiary/aromatic N) is 1. The molecule has 2 fully saturated rings. The first-order valence-corrected chi connectivity index (χ1v) is 9.62. The number of piperidine rings is 1. The van der Waals surface area contributed by atoms with Crippen LogP contribution in [0.3, 0.4) is 0 Å². The molecule has 0 spiro atoms. The summed E-state index contributed by atoms with van der Waals surface area (Å²) in [5.74, 6) is 0.884. The number of rotatable bonds is 4. The second kappa shape index (κ2) is 8.36. The van der Waals surface area contributed by atoms with Gasteiger partial charge in [-0.05, 0) is 58.8 Å². The Morgan fingerprint density at radius 1 is 1.17 bits per heavy atom. The Kier molecular flexibility index (Phi) is 6.75. The van der Waals surface area contributed by atoms with Crippen molar-refractivity contribution in [3.8, 4) is 0 Å². The Hall–Kier alpha value is -0.770. The zero-order valence-electron chi connectivity index (χ0n) is 15.6. The fraction of sp³-hybridized carbons (Fsp3) is 0.947. The van der Waals surface area contributed by atoms with E-state index in [1.807, 2.05) is 25.7 Å². The van der Waals surface area contributed by atoms with Crippen LogP contribution in [0, 0.1) is 5.92 Å². The van der Waals surface area contributed by atoms with Gasteiger partial charge in [-0.25, -0.2) is 4.79 Å². The highest BCUT2D eigenvalue weighted by atomic mass is 16.6. The van der Waals surface area contributed by atoms with Gasteiger partial charge in [0.25, 0.3) is 0 Å². The van der Waals surface area contributed by atoms with Crippen LogP contribution in [-0.2, 0) is 4.74 Å². The largest absolute Gasteiger partial charge is 0.444 e. The number of nitrogens with one attached hydrogen (secondary N) is 1. The van der Waals surface area contributed by atoms with E-state index in [2.05, 4.69) is 12.2 Å². The first kappa shape index (κ1) is 18.6. The van der Waals surface area contributed by atoms with Crippen molar-refractivity contribution in [1.29, 1.82) is 0 Å². The van der Waals surface area contributed by atoms with Crippen LogP contribution >= 0.6 is 0 Å². The standard InChI is InChI=1S/C19H36N2O2/c1-5-15-9-8-10-16(13-15)20-14-17-11-6-7-12-21(17)18(22)23-19(2,3)4/h15-17,20H,5-14H2,1-4H3. The molecule has 3 atom stereocenters. The van der Waals surface area contributed by atoms with Crippen molar-refractivity contribution in [3.05, 3.63) is 0 Å². The van der Waals surface area contributed by atoms with E-state index >= 15 is 0 Å². The molecule has 134 valence electrons. The molecule has 4 nitrogen and oxygen atoms in total. The van der Waals surface area contributed by atoms with Gasteiger partial charge in [0.15, 0.2) is 0 Å². The smallest absolute Gasteiger partial charge is 0.410 e. The van der Waals surface area contributed by atoms with Crippen molar-refractivity contribution in [2.45, 2.75) is 96.7 Å². The zero-order chi connectivity index (χ0) is 16.9. The molecule has 1 N–H and O–H groups in total. The second-order valence-electron chi connectivity index (χ2n) is 8.37. The molecule has 1 saturated heterocycles. The third-order valence-corrected chi connectivity index (χ3v) is 5.26. The number of likely N-dealkylation sites (tertiary alicyclic amines) is 1. The average molecular weight is 325 g/mol. The van der Waals surface area contributed by atoms with E-state index in [0.29, 0.717) is 12.1 Å². The highest BCUT2D eigenvalue weighted by Crippen LogP contribution is 2.27. The summed E-state index contributed by atoms with van der Waals surface area (Å²) in [5.41, 5.74) is -0.412. The van der Waals surface area contributed by atoms with Gasteiger partial charge in [0.05, 0.1) is 0 Å². The van der Waals surface area contributed by atoms with E-state index in [9.17, 15) is 4.79 Å². The van der Waals surface area contributed by atoms with E-state index in [-0.39, 0.29) is 6.09 Å². The predicted octanol–water partition coefficient (Wildman–Crippen LogP) is 4.33. The van der Waals surface area contributed by atoms with Gasteiger partial charge in [-0.2, -0.15) is 0 Å². The summed E-state index contributed by atoms with van der Waals surface area (Å²) >= 11 is 0. The quantitative estimate of drug-likeness (QED) is 0.836. The first-order valence-electron chi connectivity index (χ1n) is 9.62. The third kappa shape index (κ3) is 5.98.